The molecule has 4 rings (SSSR count). The van der Waals surface area contributed by atoms with E-state index in [0.29, 0.717) is 17.7 Å². The Labute approximate surface area is 149 Å². The first-order valence-electron chi connectivity index (χ1n) is 8.33. The molecule has 1 aliphatic rings. The molecule has 26 heavy (non-hydrogen) atoms. The summed E-state index contributed by atoms with van der Waals surface area (Å²) < 4.78 is 7.49. The number of hydrogen-bond acceptors (Lipinski definition) is 8. The minimum absolute atomic E-state index is 0.218. The summed E-state index contributed by atoms with van der Waals surface area (Å²) in [5.41, 5.74) is 7.81. The lowest BCUT2D eigenvalue weighted by molar-refractivity contribution is -0.0489. The lowest BCUT2D eigenvalue weighted by Crippen LogP contribution is -2.45. The van der Waals surface area contributed by atoms with Gasteiger partial charge in [-0.3, -0.25) is 4.57 Å². The Morgan fingerprint density at radius 1 is 1.19 bits per heavy atom. The second-order valence-electron chi connectivity index (χ2n) is 6.21. The van der Waals surface area contributed by atoms with E-state index < -0.39 is 24.5 Å². The first kappa shape index (κ1) is 16.9. The Hall–Kier alpha value is -2.59. The van der Waals surface area contributed by atoms with E-state index in [1.165, 1.54) is 12.7 Å². The van der Waals surface area contributed by atoms with Crippen LogP contribution in [0, 0.1) is 0 Å². The number of ether oxygens (including phenoxy) is 1. The average molecular weight is 356 g/mol. The van der Waals surface area contributed by atoms with Crippen molar-refractivity contribution in [3.8, 4) is 0 Å². The van der Waals surface area contributed by atoms with Crippen molar-refractivity contribution in [3.05, 3.63) is 48.5 Å². The summed E-state index contributed by atoms with van der Waals surface area (Å²) in [7, 11) is 0. The predicted molar refractivity (Wildman–Crippen MR) is 93.8 cm³/mol. The lowest BCUT2D eigenvalue weighted by Gasteiger charge is -2.21. The van der Waals surface area contributed by atoms with E-state index in [1.807, 2.05) is 30.3 Å². The Morgan fingerprint density at radius 3 is 2.77 bits per heavy atom. The van der Waals surface area contributed by atoms with Crippen molar-refractivity contribution in [2.45, 2.75) is 31.0 Å². The first-order valence-corrected chi connectivity index (χ1v) is 8.33. The molecular weight excluding hydrogens is 336 g/mol. The number of aromatic nitrogens is 4. The summed E-state index contributed by atoms with van der Waals surface area (Å²) >= 11 is 0. The normalized spacial score (nSPS) is 25.8. The zero-order valence-corrected chi connectivity index (χ0v) is 13.9. The second kappa shape index (κ2) is 6.96. The fourth-order valence-electron chi connectivity index (χ4n) is 3.27. The van der Waals surface area contributed by atoms with Gasteiger partial charge < -0.3 is 26.0 Å². The van der Waals surface area contributed by atoms with Crippen LogP contribution in [0.15, 0.2) is 43.0 Å². The highest BCUT2D eigenvalue weighted by atomic mass is 16.5. The smallest absolute Gasteiger partial charge is 0.167 e. The lowest BCUT2D eigenvalue weighted by atomic mass is 10.1. The van der Waals surface area contributed by atoms with E-state index in [1.54, 1.807) is 4.57 Å². The monoisotopic (exact) mass is 356 g/mol. The average Bonchev–Trinajstić information content (AvgIpc) is 3.22. The minimum Gasteiger partial charge on any atom is -0.394 e. The van der Waals surface area contributed by atoms with E-state index in [2.05, 4.69) is 20.3 Å². The van der Waals surface area contributed by atoms with Gasteiger partial charge in [0.2, 0.25) is 0 Å². The zero-order chi connectivity index (χ0) is 18.1. The maximum Gasteiger partial charge on any atom is 0.167 e. The van der Waals surface area contributed by atoms with Crippen LogP contribution in [0.1, 0.15) is 11.8 Å². The van der Waals surface area contributed by atoms with Crippen molar-refractivity contribution in [3.63, 3.8) is 0 Å². The minimum atomic E-state index is -0.899. The van der Waals surface area contributed by atoms with Gasteiger partial charge in [-0.25, -0.2) is 15.0 Å². The molecule has 0 saturated carbocycles. The van der Waals surface area contributed by atoms with E-state index in [-0.39, 0.29) is 12.4 Å². The molecular formula is C17H20N6O3. The first-order chi connectivity index (χ1) is 12.7. The van der Waals surface area contributed by atoms with E-state index in [4.69, 9.17) is 10.5 Å². The summed E-state index contributed by atoms with van der Waals surface area (Å²) in [6.07, 6.45) is 0.656. The number of aliphatic hydroxyl groups is 2. The fraction of sp³-hybridized carbons (Fsp3) is 0.353. The van der Waals surface area contributed by atoms with Gasteiger partial charge in [-0.1, -0.05) is 30.3 Å². The molecule has 0 bridgehead atoms. The van der Waals surface area contributed by atoms with Crippen molar-refractivity contribution in [2.24, 2.45) is 0 Å². The van der Waals surface area contributed by atoms with Crippen LogP contribution < -0.4 is 11.1 Å². The standard InChI is InChI=1S/C17H20N6O3/c18-15-13-16(21-8-20-15)23(9-22-13)17-14(25)12(11(7-24)26-17)19-6-10-4-2-1-3-5-10/h1-5,8-9,11-12,14,17,19,24-25H,6-7H2,(H2,18,20,21)/t11-,12+,14-,17-/m1/s1. The molecule has 3 heterocycles. The van der Waals surface area contributed by atoms with Crippen molar-refractivity contribution in [1.82, 2.24) is 24.8 Å². The summed E-state index contributed by atoms with van der Waals surface area (Å²) in [6.45, 7) is 0.332. The maximum absolute atomic E-state index is 10.8. The maximum atomic E-state index is 10.8. The third-order valence-electron chi connectivity index (χ3n) is 4.60. The number of nitrogen functional groups attached to an aromatic ring is 1. The molecule has 9 heteroatoms. The molecule has 0 spiro atoms. The Morgan fingerprint density at radius 2 is 2.00 bits per heavy atom. The van der Waals surface area contributed by atoms with E-state index in [0.717, 1.165) is 5.56 Å². The number of aliphatic hydroxyl groups excluding tert-OH is 2. The molecule has 1 aliphatic heterocycles. The van der Waals surface area contributed by atoms with E-state index >= 15 is 0 Å². The number of hydrogen-bond donors (Lipinski definition) is 4. The van der Waals surface area contributed by atoms with Gasteiger partial charge in [0, 0.05) is 6.54 Å². The van der Waals surface area contributed by atoms with Crippen LogP contribution in [-0.2, 0) is 11.3 Å². The molecule has 0 amide bonds. The Balaban J connectivity index is 1.57. The largest absolute Gasteiger partial charge is 0.394 e. The van der Waals surface area contributed by atoms with Crippen LogP contribution >= 0.6 is 0 Å². The van der Waals surface area contributed by atoms with Crippen LogP contribution in [0.5, 0.6) is 0 Å². The number of rotatable bonds is 5. The van der Waals surface area contributed by atoms with Gasteiger partial charge in [0.25, 0.3) is 0 Å². The fourth-order valence-corrected chi connectivity index (χ4v) is 3.27. The highest BCUT2D eigenvalue weighted by Gasteiger charge is 2.44. The van der Waals surface area contributed by atoms with Gasteiger partial charge >= 0.3 is 0 Å². The molecule has 9 nitrogen and oxygen atoms in total. The quantitative estimate of drug-likeness (QED) is 0.495. The van der Waals surface area contributed by atoms with Gasteiger partial charge in [0.15, 0.2) is 17.7 Å². The topological polar surface area (TPSA) is 131 Å². The van der Waals surface area contributed by atoms with Gasteiger partial charge in [0.05, 0.1) is 19.0 Å². The Kier molecular flexibility index (Phi) is 4.51. The number of fused-ring (bicyclic) bond motifs is 1. The Bertz CT molecular complexity index is 887. The van der Waals surface area contributed by atoms with Crippen molar-refractivity contribution >= 4 is 17.0 Å². The van der Waals surface area contributed by atoms with Gasteiger partial charge in [-0.05, 0) is 5.56 Å². The van der Waals surface area contributed by atoms with Crippen LogP contribution in [0.3, 0.4) is 0 Å². The van der Waals surface area contributed by atoms with Gasteiger partial charge in [-0.2, -0.15) is 0 Å². The number of anilines is 1. The van der Waals surface area contributed by atoms with E-state index in [9.17, 15) is 10.2 Å². The molecule has 0 aliphatic carbocycles. The van der Waals surface area contributed by atoms with Crippen LogP contribution in [0.25, 0.3) is 11.2 Å². The number of nitrogens with two attached hydrogens (primary N) is 1. The zero-order valence-electron chi connectivity index (χ0n) is 13.9. The molecule has 0 radical (unpaired) electrons. The highest BCUT2D eigenvalue weighted by molar-refractivity contribution is 5.81. The number of imidazole rings is 1. The third-order valence-corrected chi connectivity index (χ3v) is 4.60. The number of nitrogens with one attached hydrogen (secondary N) is 1. The highest BCUT2D eigenvalue weighted by Crippen LogP contribution is 2.32. The van der Waals surface area contributed by atoms with Crippen LogP contribution in [-0.4, -0.2) is 54.6 Å². The molecule has 2 aromatic heterocycles. The SMILES string of the molecule is Nc1ncnc2c1ncn2[C@@H]1O[C@H](CO)[C@H](NCc2ccccc2)[C@H]1O. The number of nitrogens with zero attached hydrogens (tertiary/aromatic N) is 4. The number of benzene rings is 1. The molecule has 4 atom stereocenters. The summed E-state index contributed by atoms with van der Waals surface area (Å²) in [6, 6.07) is 9.38. The molecule has 136 valence electrons. The summed E-state index contributed by atoms with van der Waals surface area (Å²) in [5.74, 6) is 0.263. The molecule has 3 aromatic rings. The van der Waals surface area contributed by atoms with Crippen molar-refractivity contribution < 1.29 is 14.9 Å². The molecule has 1 aromatic carbocycles. The van der Waals surface area contributed by atoms with Crippen LogP contribution in [0.2, 0.25) is 0 Å². The summed E-state index contributed by atoms with van der Waals surface area (Å²) in [4.78, 5) is 12.3. The van der Waals surface area contributed by atoms with Crippen molar-refractivity contribution in [2.75, 3.05) is 12.3 Å². The molecule has 1 fully saturated rings. The van der Waals surface area contributed by atoms with Crippen LogP contribution in [0.4, 0.5) is 5.82 Å². The summed E-state index contributed by atoms with van der Waals surface area (Å²) in [5, 5.41) is 23.8. The third kappa shape index (κ3) is 2.90. The molecule has 0 unspecified atom stereocenters. The van der Waals surface area contributed by atoms with Gasteiger partial charge in [0.1, 0.15) is 24.1 Å². The van der Waals surface area contributed by atoms with Gasteiger partial charge in [-0.15, -0.1) is 0 Å². The second-order valence-corrected chi connectivity index (χ2v) is 6.21. The predicted octanol–water partition coefficient (Wildman–Crippen LogP) is -0.183. The molecule has 1 saturated heterocycles. The van der Waals surface area contributed by atoms with Crippen molar-refractivity contribution in [1.29, 1.82) is 0 Å². The molecule has 5 N–H and O–H groups in total.